The number of hydrogen-bond donors (Lipinski definition) is 0. The Kier molecular flexibility index (Phi) is 21.5. The first-order chi connectivity index (χ1) is 14.8. The number of allylic oxidation sites excluding steroid dienone is 11. The van der Waals surface area contributed by atoms with Crippen LogP contribution in [0.2, 0.25) is 0 Å². The zero-order chi connectivity index (χ0) is 22.1. The Bertz CT molecular complexity index is 565. The fraction of sp³-hybridized carbons (Fsp3) is 0.519. The molecule has 0 fully saturated rings. The normalized spacial score (nSPS) is 13.8. The van der Waals surface area contributed by atoms with Gasteiger partial charge in [-0.25, -0.2) is 4.79 Å². The molecule has 168 valence electrons. The molecule has 3 nitrogen and oxygen atoms in total. The summed E-state index contributed by atoms with van der Waals surface area (Å²) >= 11 is 0. The van der Waals surface area contributed by atoms with Crippen LogP contribution in [0.4, 0.5) is 0 Å². The highest BCUT2D eigenvalue weighted by atomic mass is 16.6. The summed E-state index contributed by atoms with van der Waals surface area (Å²) in [5.74, 6) is -0.273. The van der Waals surface area contributed by atoms with Gasteiger partial charge in [0.1, 0.15) is 0 Å². The van der Waals surface area contributed by atoms with Gasteiger partial charge in [-0.15, -0.1) is 0 Å². The van der Waals surface area contributed by atoms with Crippen LogP contribution in [0.3, 0.4) is 0 Å². The summed E-state index contributed by atoms with van der Waals surface area (Å²) in [5, 5.41) is 0. The molecule has 0 aliphatic carbocycles. The lowest BCUT2D eigenvalue weighted by Crippen LogP contribution is -2.26. The van der Waals surface area contributed by atoms with Gasteiger partial charge in [-0.2, -0.15) is 0 Å². The van der Waals surface area contributed by atoms with Crippen LogP contribution < -0.4 is 0 Å². The fourth-order valence-corrected chi connectivity index (χ4v) is 2.47. The standard InChI is InChI=1S/C27H42O3/c1-4-7-8-9-10-11-12-13-14-15-16-17-18-19-20-21-22-23-24-26(30-25-5-2)27(28)29-6-3/h7-8,10-11,13-14,16-17,19-20,22-23,26H,4-6,9,12,15,18,21,24-25H2,1-3H3/b8-7-,11-10?,14-13?,17-16?,20-19?,23-22?. The van der Waals surface area contributed by atoms with Crippen LogP contribution in [0.5, 0.6) is 0 Å². The number of esters is 1. The number of carbonyl (C=O) groups is 1. The van der Waals surface area contributed by atoms with E-state index in [-0.39, 0.29) is 5.97 Å². The van der Waals surface area contributed by atoms with E-state index < -0.39 is 6.10 Å². The third-order valence-electron chi connectivity index (χ3n) is 4.02. The molecule has 3 heteroatoms. The highest BCUT2D eigenvalue weighted by Gasteiger charge is 2.18. The van der Waals surface area contributed by atoms with Gasteiger partial charge < -0.3 is 9.47 Å². The maximum Gasteiger partial charge on any atom is 0.335 e. The number of ether oxygens (including phenoxy) is 2. The van der Waals surface area contributed by atoms with Crippen molar-refractivity contribution in [3.05, 3.63) is 72.9 Å². The van der Waals surface area contributed by atoms with E-state index >= 15 is 0 Å². The van der Waals surface area contributed by atoms with Crippen molar-refractivity contribution in [2.45, 2.75) is 78.2 Å². The largest absolute Gasteiger partial charge is 0.464 e. The Balaban J connectivity index is 3.86. The zero-order valence-electron chi connectivity index (χ0n) is 19.3. The maximum absolute atomic E-state index is 11.8. The molecule has 0 bridgehead atoms. The molecule has 0 aliphatic rings. The minimum Gasteiger partial charge on any atom is -0.464 e. The van der Waals surface area contributed by atoms with Crippen LogP contribution in [-0.2, 0) is 14.3 Å². The summed E-state index contributed by atoms with van der Waals surface area (Å²) in [6, 6.07) is 0. The van der Waals surface area contributed by atoms with Crippen molar-refractivity contribution >= 4 is 5.97 Å². The van der Waals surface area contributed by atoms with Gasteiger partial charge in [0.25, 0.3) is 0 Å². The molecular weight excluding hydrogens is 372 g/mol. The SMILES string of the molecule is CC/C=C\CC=CCC=CCC=CCC=CCC=CCC(OCCC)C(=O)OCC. The molecular formula is C27H42O3. The van der Waals surface area contributed by atoms with E-state index in [2.05, 4.69) is 73.8 Å². The number of carbonyl (C=O) groups excluding carboxylic acids is 1. The highest BCUT2D eigenvalue weighted by molar-refractivity contribution is 5.74. The van der Waals surface area contributed by atoms with Gasteiger partial charge in [-0.1, -0.05) is 86.8 Å². The molecule has 0 aliphatic heterocycles. The number of hydrogen-bond acceptors (Lipinski definition) is 3. The van der Waals surface area contributed by atoms with Crippen molar-refractivity contribution in [1.82, 2.24) is 0 Å². The predicted molar refractivity (Wildman–Crippen MR) is 129 cm³/mol. The highest BCUT2D eigenvalue weighted by Crippen LogP contribution is 2.05. The molecule has 0 N–H and O–H groups in total. The Morgan fingerprint density at radius 1 is 0.667 bits per heavy atom. The quantitative estimate of drug-likeness (QED) is 0.173. The van der Waals surface area contributed by atoms with E-state index in [1.807, 2.05) is 19.9 Å². The molecule has 1 atom stereocenters. The Labute approximate surface area is 184 Å². The van der Waals surface area contributed by atoms with Crippen LogP contribution in [0.15, 0.2) is 72.9 Å². The summed E-state index contributed by atoms with van der Waals surface area (Å²) in [4.78, 5) is 11.8. The smallest absolute Gasteiger partial charge is 0.335 e. The summed E-state index contributed by atoms with van der Waals surface area (Å²) in [5.41, 5.74) is 0. The molecule has 0 aromatic carbocycles. The molecule has 0 aromatic rings. The Hall–Kier alpha value is -2.13. The molecule has 0 radical (unpaired) electrons. The van der Waals surface area contributed by atoms with Gasteiger partial charge >= 0.3 is 5.97 Å². The fourth-order valence-electron chi connectivity index (χ4n) is 2.47. The molecule has 0 saturated carbocycles. The average Bonchev–Trinajstić information content (AvgIpc) is 2.75. The lowest BCUT2D eigenvalue weighted by atomic mass is 10.2. The van der Waals surface area contributed by atoms with Crippen LogP contribution in [-0.4, -0.2) is 25.3 Å². The van der Waals surface area contributed by atoms with Crippen LogP contribution >= 0.6 is 0 Å². The van der Waals surface area contributed by atoms with Gasteiger partial charge in [0.15, 0.2) is 6.10 Å². The topological polar surface area (TPSA) is 35.5 Å². The van der Waals surface area contributed by atoms with E-state index in [1.54, 1.807) is 0 Å². The van der Waals surface area contributed by atoms with E-state index in [1.165, 1.54) is 0 Å². The first kappa shape index (κ1) is 27.9. The van der Waals surface area contributed by atoms with Crippen molar-refractivity contribution in [2.75, 3.05) is 13.2 Å². The average molecular weight is 415 g/mol. The van der Waals surface area contributed by atoms with E-state index in [9.17, 15) is 4.79 Å². The van der Waals surface area contributed by atoms with Crippen LogP contribution in [0, 0.1) is 0 Å². The summed E-state index contributed by atoms with van der Waals surface area (Å²) in [6.45, 7) is 6.95. The van der Waals surface area contributed by atoms with Crippen LogP contribution in [0.25, 0.3) is 0 Å². The van der Waals surface area contributed by atoms with Crippen LogP contribution in [0.1, 0.15) is 72.1 Å². The van der Waals surface area contributed by atoms with Gasteiger partial charge in [-0.05, 0) is 51.9 Å². The van der Waals surface area contributed by atoms with Gasteiger partial charge in [0, 0.05) is 13.0 Å². The summed E-state index contributed by atoms with van der Waals surface area (Å²) in [7, 11) is 0. The lowest BCUT2D eigenvalue weighted by molar-refractivity contribution is -0.156. The second kappa shape index (κ2) is 23.2. The third-order valence-corrected chi connectivity index (χ3v) is 4.02. The third kappa shape index (κ3) is 19.2. The molecule has 0 spiro atoms. The molecule has 0 saturated heterocycles. The van der Waals surface area contributed by atoms with Gasteiger partial charge in [-0.3, -0.25) is 0 Å². The molecule has 30 heavy (non-hydrogen) atoms. The second-order valence-electron chi connectivity index (χ2n) is 6.76. The van der Waals surface area contributed by atoms with Crippen molar-refractivity contribution < 1.29 is 14.3 Å². The second-order valence-corrected chi connectivity index (χ2v) is 6.76. The van der Waals surface area contributed by atoms with E-state index in [0.717, 1.165) is 44.9 Å². The summed E-state index contributed by atoms with van der Waals surface area (Å²) < 4.78 is 10.6. The maximum atomic E-state index is 11.8. The molecule has 0 heterocycles. The molecule has 0 amide bonds. The molecule has 0 aromatic heterocycles. The zero-order valence-corrected chi connectivity index (χ0v) is 19.3. The lowest BCUT2D eigenvalue weighted by Gasteiger charge is -2.14. The Morgan fingerprint density at radius 2 is 1.10 bits per heavy atom. The van der Waals surface area contributed by atoms with Crippen molar-refractivity contribution in [3.8, 4) is 0 Å². The van der Waals surface area contributed by atoms with Gasteiger partial charge in [0.2, 0.25) is 0 Å². The number of rotatable bonds is 18. The molecule has 0 rings (SSSR count). The first-order valence-electron chi connectivity index (χ1n) is 11.4. The minimum atomic E-state index is -0.491. The van der Waals surface area contributed by atoms with Crippen molar-refractivity contribution in [1.29, 1.82) is 0 Å². The predicted octanol–water partition coefficient (Wildman–Crippen LogP) is 7.43. The van der Waals surface area contributed by atoms with E-state index in [0.29, 0.717) is 19.6 Å². The Morgan fingerprint density at radius 3 is 1.50 bits per heavy atom. The monoisotopic (exact) mass is 414 g/mol. The first-order valence-corrected chi connectivity index (χ1v) is 11.4. The van der Waals surface area contributed by atoms with Crippen molar-refractivity contribution in [3.63, 3.8) is 0 Å². The minimum absolute atomic E-state index is 0.273. The van der Waals surface area contributed by atoms with E-state index in [4.69, 9.17) is 9.47 Å². The van der Waals surface area contributed by atoms with Gasteiger partial charge in [0.05, 0.1) is 6.61 Å². The molecule has 1 unspecified atom stereocenters. The van der Waals surface area contributed by atoms with Crippen molar-refractivity contribution in [2.24, 2.45) is 0 Å². The summed E-state index contributed by atoms with van der Waals surface area (Å²) in [6.07, 6.45) is 32.8.